The van der Waals surface area contributed by atoms with Gasteiger partial charge in [-0.2, -0.15) is 0 Å². The number of amides is 1. The zero-order valence-corrected chi connectivity index (χ0v) is 19.4. The standard InChI is InChI=1S/C20H35NO14/c1-5-10(24)13(27)15(29)19(31-5)35-17-14(28)11(25)6(2)32-20(17)34-16-9(21-7(3)23)18(30)33-8(4-22)12(16)26/h5-6,8-20,22,24-30H,4H2,1-3H3,(H,21,23)/t5-,6-,8+,9+,10+,11+,12+,13+,14+,15-,16+,17-,18+,19-,20-/m0/s1. The van der Waals surface area contributed by atoms with Crippen molar-refractivity contribution in [3.8, 4) is 0 Å². The molecule has 15 nitrogen and oxygen atoms in total. The number of hydrogen-bond acceptors (Lipinski definition) is 14. The van der Waals surface area contributed by atoms with Crippen LogP contribution in [-0.4, -0.2) is 145 Å². The molecular weight excluding hydrogens is 478 g/mol. The lowest BCUT2D eigenvalue weighted by Crippen LogP contribution is -2.68. The highest BCUT2D eigenvalue weighted by Crippen LogP contribution is 2.32. The van der Waals surface area contributed by atoms with Crippen LogP contribution in [0.1, 0.15) is 20.8 Å². The molecule has 3 rings (SSSR count). The third-order valence-electron chi connectivity index (χ3n) is 6.42. The van der Waals surface area contributed by atoms with E-state index in [1.54, 1.807) is 0 Å². The SMILES string of the molecule is CC(=O)N[C@@H]1[C@@H](O[C@@H]2O[C@@H](C)[C@@H](O)[C@@H](O)[C@@H]2O[C@@H]2O[C@@H](C)[C@@H](O)[C@@H](O)[C@@H]2O)[C@H](O)[C@@H](CO)O[C@H]1O. The molecule has 0 radical (unpaired) electrons. The molecule has 3 aliphatic heterocycles. The van der Waals surface area contributed by atoms with Gasteiger partial charge in [0.25, 0.3) is 0 Å². The van der Waals surface area contributed by atoms with Crippen LogP contribution in [0.25, 0.3) is 0 Å². The average Bonchev–Trinajstić information content (AvgIpc) is 2.80. The van der Waals surface area contributed by atoms with Crippen molar-refractivity contribution in [1.82, 2.24) is 5.32 Å². The molecule has 0 aromatic rings. The highest BCUT2D eigenvalue weighted by molar-refractivity contribution is 5.73. The van der Waals surface area contributed by atoms with Gasteiger partial charge in [0.2, 0.25) is 5.91 Å². The summed E-state index contributed by atoms with van der Waals surface area (Å²) in [6.07, 6.45) is -20.7. The summed E-state index contributed by atoms with van der Waals surface area (Å²) in [4.78, 5) is 11.7. The zero-order valence-electron chi connectivity index (χ0n) is 19.4. The van der Waals surface area contributed by atoms with Gasteiger partial charge in [-0.05, 0) is 13.8 Å². The van der Waals surface area contributed by atoms with Crippen LogP contribution in [0, 0.1) is 0 Å². The van der Waals surface area contributed by atoms with Gasteiger partial charge in [0.1, 0.15) is 61.0 Å². The number of ether oxygens (including phenoxy) is 5. The lowest BCUT2D eigenvalue weighted by atomic mass is 9.95. The second kappa shape index (κ2) is 11.6. The maximum absolute atomic E-state index is 11.7. The van der Waals surface area contributed by atoms with Crippen LogP contribution in [0.5, 0.6) is 0 Å². The largest absolute Gasteiger partial charge is 0.394 e. The molecule has 3 fully saturated rings. The normalized spacial score (nSPS) is 51.1. The highest BCUT2D eigenvalue weighted by Gasteiger charge is 2.53. The van der Waals surface area contributed by atoms with Crippen LogP contribution in [0.4, 0.5) is 0 Å². The summed E-state index contributed by atoms with van der Waals surface area (Å²) in [6, 6.07) is -1.33. The first-order valence-electron chi connectivity index (χ1n) is 11.3. The minimum absolute atomic E-state index is 0.595. The summed E-state index contributed by atoms with van der Waals surface area (Å²) in [5.74, 6) is -0.595. The fourth-order valence-corrected chi connectivity index (χ4v) is 4.33. The third-order valence-corrected chi connectivity index (χ3v) is 6.42. The molecule has 1 amide bonds. The summed E-state index contributed by atoms with van der Waals surface area (Å²) in [5, 5.41) is 84.2. The van der Waals surface area contributed by atoms with E-state index >= 15 is 0 Å². The van der Waals surface area contributed by atoms with E-state index in [9.17, 15) is 45.6 Å². The summed E-state index contributed by atoms with van der Waals surface area (Å²) in [5.41, 5.74) is 0. The molecule has 204 valence electrons. The molecule has 0 unspecified atom stereocenters. The zero-order chi connectivity index (χ0) is 26.2. The molecule has 15 atom stereocenters. The average molecular weight is 513 g/mol. The molecule has 0 spiro atoms. The van der Waals surface area contributed by atoms with Crippen molar-refractivity contribution in [3.63, 3.8) is 0 Å². The Morgan fingerprint density at radius 1 is 0.743 bits per heavy atom. The van der Waals surface area contributed by atoms with Gasteiger partial charge >= 0.3 is 0 Å². The maximum atomic E-state index is 11.7. The smallest absolute Gasteiger partial charge is 0.217 e. The Hall–Kier alpha value is -1.05. The molecule has 0 aromatic carbocycles. The monoisotopic (exact) mass is 513 g/mol. The summed E-state index contributed by atoms with van der Waals surface area (Å²) in [7, 11) is 0. The minimum Gasteiger partial charge on any atom is -0.394 e. The number of nitrogens with one attached hydrogen (secondary N) is 1. The van der Waals surface area contributed by atoms with Crippen molar-refractivity contribution in [2.45, 2.75) is 113 Å². The second-order valence-electron chi connectivity index (χ2n) is 9.04. The minimum atomic E-state index is -1.74. The van der Waals surface area contributed by atoms with E-state index in [-0.39, 0.29) is 0 Å². The number of carbonyl (C=O) groups excluding carboxylic acids is 1. The molecule has 15 heteroatoms. The molecule has 0 aromatic heterocycles. The Kier molecular flexibility index (Phi) is 9.42. The van der Waals surface area contributed by atoms with Gasteiger partial charge in [0, 0.05) is 6.92 Å². The Bertz CT molecular complexity index is 715. The van der Waals surface area contributed by atoms with E-state index in [2.05, 4.69) is 5.32 Å². The van der Waals surface area contributed by atoms with Gasteiger partial charge in [-0.15, -0.1) is 0 Å². The number of hydrogen-bond donors (Lipinski definition) is 9. The van der Waals surface area contributed by atoms with Crippen LogP contribution in [-0.2, 0) is 28.5 Å². The number of carbonyl (C=O) groups is 1. The highest BCUT2D eigenvalue weighted by atomic mass is 16.8. The third kappa shape index (κ3) is 5.93. The second-order valence-corrected chi connectivity index (χ2v) is 9.04. The quantitative estimate of drug-likeness (QED) is 0.161. The predicted octanol–water partition coefficient (Wildman–Crippen LogP) is -5.37. The van der Waals surface area contributed by atoms with Crippen molar-refractivity contribution in [2.75, 3.05) is 6.61 Å². The Labute approximate surface area is 200 Å². The first-order valence-corrected chi connectivity index (χ1v) is 11.3. The van der Waals surface area contributed by atoms with E-state index in [1.165, 1.54) is 13.8 Å². The van der Waals surface area contributed by atoms with Crippen molar-refractivity contribution < 1.29 is 69.3 Å². The fraction of sp³-hybridized carbons (Fsp3) is 0.950. The van der Waals surface area contributed by atoms with Gasteiger partial charge in [0.05, 0.1) is 18.8 Å². The molecular formula is C20H35NO14. The Morgan fingerprint density at radius 2 is 1.29 bits per heavy atom. The molecule has 0 bridgehead atoms. The number of aliphatic hydroxyl groups is 8. The van der Waals surface area contributed by atoms with Crippen LogP contribution in [0.15, 0.2) is 0 Å². The molecule has 3 aliphatic rings. The molecule has 3 saturated heterocycles. The summed E-state index contributed by atoms with van der Waals surface area (Å²) >= 11 is 0. The fourth-order valence-electron chi connectivity index (χ4n) is 4.33. The predicted molar refractivity (Wildman–Crippen MR) is 110 cm³/mol. The molecule has 0 aliphatic carbocycles. The molecule has 35 heavy (non-hydrogen) atoms. The summed E-state index contributed by atoms with van der Waals surface area (Å²) < 4.78 is 27.6. The van der Waals surface area contributed by atoms with Crippen molar-refractivity contribution in [3.05, 3.63) is 0 Å². The summed E-state index contributed by atoms with van der Waals surface area (Å²) in [6.45, 7) is 3.30. The van der Waals surface area contributed by atoms with Gasteiger partial charge in [-0.25, -0.2) is 0 Å². The van der Waals surface area contributed by atoms with Crippen LogP contribution >= 0.6 is 0 Å². The van der Waals surface area contributed by atoms with Crippen LogP contribution < -0.4 is 5.32 Å². The van der Waals surface area contributed by atoms with Crippen LogP contribution in [0.2, 0.25) is 0 Å². The molecule has 0 saturated carbocycles. The van der Waals surface area contributed by atoms with Crippen molar-refractivity contribution in [2.24, 2.45) is 0 Å². The Balaban J connectivity index is 1.86. The number of aliphatic hydroxyl groups excluding tert-OH is 8. The van der Waals surface area contributed by atoms with E-state index in [4.69, 9.17) is 23.7 Å². The van der Waals surface area contributed by atoms with Crippen molar-refractivity contribution in [1.29, 1.82) is 0 Å². The van der Waals surface area contributed by atoms with E-state index < -0.39 is 105 Å². The first-order chi connectivity index (χ1) is 16.4. The van der Waals surface area contributed by atoms with E-state index in [0.717, 1.165) is 6.92 Å². The van der Waals surface area contributed by atoms with Crippen LogP contribution in [0.3, 0.4) is 0 Å². The lowest BCUT2D eigenvalue weighted by molar-refractivity contribution is -0.377. The number of rotatable bonds is 6. The van der Waals surface area contributed by atoms with Crippen molar-refractivity contribution >= 4 is 5.91 Å². The van der Waals surface area contributed by atoms with Gasteiger partial charge in [-0.1, -0.05) is 0 Å². The van der Waals surface area contributed by atoms with Gasteiger partial charge in [0.15, 0.2) is 18.9 Å². The van der Waals surface area contributed by atoms with Gasteiger partial charge in [-0.3, -0.25) is 4.79 Å². The topological polar surface area (TPSA) is 237 Å². The lowest BCUT2D eigenvalue weighted by Gasteiger charge is -2.48. The molecule has 3 heterocycles. The first kappa shape index (κ1) is 28.5. The maximum Gasteiger partial charge on any atom is 0.217 e. The van der Waals surface area contributed by atoms with E-state index in [1.807, 2.05) is 0 Å². The van der Waals surface area contributed by atoms with E-state index in [0.29, 0.717) is 0 Å². The van der Waals surface area contributed by atoms with Gasteiger partial charge < -0.3 is 69.9 Å². The molecule has 9 N–H and O–H groups in total. The Morgan fingerprint density at radius 3 is 1.86 bits per heavy atom.